The molecule has 4 heteroatoms. The van der Waals surface area contributed by atoms with E-state index in [1.54, 1.807) is 0 Å². The molecule has 1 unspecified atom stereocenters. The molecule has 4 nitrogen and oxygen atoms in total. The number of nitrogens with one attached hydrogen (secondary N) is 1. The second-order valence-electron chi connectivity index (χ2n) is 6.63. The summed E-state index contributed by atoms with van der Waals surface area (Å²) in [7, 11) is 2.02. The van der Waals surface area contributed by atoms with E-state index in [4.69, 9.17) is 4.74 Å². The molecule has 1 aliphatic heterocycles. The molecule has 1 atom stereocenters. The lowest BCUT2D eigenvalue weighted by molar-refractivity contribution is -0.0123. The Bertz CT molecular complexity index is 394. The minimum absolute atomic E-state index is 0.303. The Morgan fingerprint density at radius 2 is 2.35 bits per heavy atom. The van der Waals surface area contributed by atoms with Crippen molar-refractivity contribution in [1.29, 1.82) is 0 Å². The molecule has 0 amide bonds. The highest BCUT2D eigenvalue weighted by Crippen LogP contribution is 2.33. The van der Waals surface area contributed by atoms with Crippen LogP contribution in [0.4, 0.5) is 0 Å². The Morgan fingerprint density at radius 1 is 1.50 bits per heavy atom. The molecule has 0 spiro atoms. The first-order chi connectivity index (χ1) is 9.61. The number of aromatic nitrogens is 2. The van der Waals surface area contributed by atoms with E-state index >= 15 is 0 Å². The van der Waals surface area contributed by atoms with Crippen LogP contribution in [-0.2, 0) is 18.2 Å². The molecule has 1 aromatic heterocycles. The van der Waals surface area contributed by atoms with Gasteiger partial charge in [-0.2, -0.15) is 5.10 Å². The topological polar surface area (TPSA) is 39.1 Å². The molecular weight excluding hydrogens is 250 g/mol. The molecule has 0 bridgehead atoms. The number of hydrogen-bond donors (Lipinski definition) is 1. The maximum absolute atomic E-state index is 5.78. The first-order valence-electron chi connectivity index (χ1n) is 7.87. The normalized spacial score (nSPS) is 23.4. The fourth-order valence-electron chi connectivity index (χ4n) is 3.00. The zero-order valence-electron chi connectivity index (χ0n) is 13.2. The summed E-state index contributed by atoms with van der Waals surface area (Å²) in [5.41, 5.74) is 1.62. The van der Waals surface area contributed by atoms with Crippen LogP contribution in [0.5, 0.6) is 0 Å². The van der Waals surface area contributed by atoms with E-state index in [1.807, 2.05) is 17.9 Å². The Labute approximate surface area is 122 Å². The predicted octanol–water partition coefficient (Wildman–Crippen LogP) is 2.40. The van der Waals surface area contributed by atoms with Gasteiger partial charge in [-0.25, -0.2) is 0 Å². The van der Waals surface area contributed by atoms with Crippen molar-refractivity contribution in [3.05, 3.63) is 18.0 Å². The van der Waals surface area contributed by atoms with Crippen LogP contribution >= 0.6 is 0 Å². The SMILES string of the molecule is CC(C)CNCC1(CCc2ccnn2C)CCCOC1. The van der Waals surface area contributed by atoms with E-state index in [9.17, 15) is 0 Å². The van der Waals surface area contributed by atoms with Gasteiger partial charge >= 0.3 is 0 Å². The number of rotatable bonds is 7. The molecule has 1 saturated heterocycles. The van der Waals surface area contributed by atoms with Gasteiger partial charge in [-0.1, -0.05) is 13.8 Å². The third-order valence-electron chi connectivity index (χ3n) is 4.29. The monoisotopic (exact) mass is 279 g/mol. The van der Waals surface area contributed by atoms with E-state index in [2.05, 4.69) is 30.3 Å². The summed E-state index contributed by atoms with van der Waals surface area (Å²) >= 11 is 0. The van der Waals surface area contributed by atoms with Crippen LogP contribution in [-0.4, -0.2) is 36.1 Å². The maximum Gasteiger partial charge on any atom is 0.0534 e. The quantitative estimate of drug-likeness (QED) is 0.833. The molecule has 2 heterocycles. The third kappa shape index (κ3) is 4.32. The standard InChI is InChI=1S/C16H29N3O/c1-14(2)11-17-12-16(7-4-10-20-13-16)8-5-15-6-9-18-19(15)3/h6,9,14,17H,4-5,7-8,10-13H2,1-3H3. The van der Waals surface area contributed by atoms with Gasteiger partial charge in [-0.3, -0.25) is 4.68 Å². The summed E-state index contributed by atoms with van der Waals surface area (Å²) in [5, 5.41) is 7.90. The highest BCUT2D eigenvalue weighted by Gasteiger charge is 2.32. The number of hydrogen-bond acceptors (Lipinski definition) is 3. The van der Waals surface area contributed by atoms with Crippen molar-refractivity contribution in [3.8, 4) is 0 Å². The Balaban J connectivity index is 1.90. The highest BCUT2D eigenvalue weighted by atomic mass is 16.5. The molecule has 0 saturated carbocycles. The first-order valence-corrected chi connectivity index (χ1v) is 7.87. The maximum atomic E-state index is 5.78. The summed E-state index contributed by atoms with van der Waals surface area (Å²) in [4.78, 5) is 0. The second kappa shape index (κ2) is 7.23. The number of aryl methyl sites for hydroxylation is 2. The molecule has 2 rings (SSSR count). The second-order valence-corrected chi connectivity index (χ2v) is 6.63. The Hall–Kier alpha value is -0.870. The molecule has 0 radical (unpaired) electrons. The largest absolute Gasteiger partial charge is 0.381 e. The third-order valence-corrected chi connectivity index (χ3v) is 4.29. The lowest BCUT2D eigenvalue weighted by Crippen LogP contribution is -2.42. The van der Waals surface area contributed by atoms with Crippen LogP contribution < -0.4 is 5.32 Å². The van der Waals surface area contributed by atoms with Gasteiger partial charge in [0.15, 0.2) is 0 Å². The molecule has 20 heavy (non-hydrogen) atoms. The average Bonchev–Trinajstić information content (AvgIpc) is 2.83. The number of nitrogens with zero attached hydrogens (tertiary/aromatic N) is 2. The predicted molar refractivity (Wildman–Crippen MR) is 81.7 cm³/mol. The summed E-state index contributed by atoms with van der Waals surface area (Å²) in [6.45, 7) is 8.50. The van der Waals surface area contributed by atoms with Crippen molar-refractivity contribution in [2.24, 2.45) is 18.4 Å². The van der Waals surface area contributed by atoms with Crippen molar-refractivity contribution in [2.75, 3.05) is 26.3 Å². The zero-order valence-corrected chi connectivity index (χ0v) is 13.2. The van der Waals surface area contributed by atoms with Crippen molar-refractivity contribution < 1.29 is 4.74 Å². The van der Waals surface area contributed by atoms with Gasteiger partial charge in [-0.15, -0.1) is 0 Å². The first kappa shape index (κ1) is 15.5. The van der Waals surface area contributed by atoms with Crippen molar-refractivity contribution in [3.63, 3.8) is 0 Å². The van der Waals surface area contributed by atoms with Crippen LogP contribution in [0.2, 0.25) is 0 Å². The molecule has 1 N–H and O–H groups in total. The van der Waals surface area contributed by atoms with Crippen molar-refractivity contribution in [1.82, 2.24) is 15.1 Å². The lowest BCUT2D eigenvalue weighted by Gasteiger charge is -2.37. The smallest absolute Gasteiger partial charge is 0.0534 e. The van der Waals surface area contributed by atoms with Crippen LogP contribution in [0.3, 0.4) is 0 Å². The van der Waals surface area contributed by atoms with Gasteiger partial charge < -0.3 is 10.1 Å². The molecular formula is C16H29N3O. The van der Waals surface area contributed by atoms with Crippen LogP contribution in [0.15, 0.2) is 12.3 Å². The average molecular weight is 279 g/mol. The summed E-state index contributed by atoms with van der Waals surface area (Å²) in [5.74, 6) is 0.702. The molecule has 0 aliphatic carbocycles. The van der Waals surface area contributed by atoms with Gasteiger partial charge in [0, 0.05) is 37.5 Å². The fraction of sp³-hybridized carbons (Fsp3) is 0.812. The molecule has 1 fully saturated rings. The van der Waals surface area contributed by atoms with Gasteiger partial charge in [0.2, 0.25) is 0 Å². The molecule has 1 aromatic rings. The van der Waals surface area contributed by atoms with Gasteiger partial charge in [0.05, 0.1) is 6.61 Å². The molecule has 0 aromatic carbocycles. The minimum atomic E-state index is 0.303. The Morgan fingerprint density at radius 3 is 2.95 bits per heavy atom. The summed E-state index contributed by atoms with van der Waals surface area (Å²) in [6.07, 6.45) is 6.61. The van der Waals surface area contributed by atoms with E-state index < -0.39 is 0 Å². The summed E-state index contributed by atoms with van der Waals surface area (Å²) in [6, 6.07) is 2.12. The van der Waals surface area contributed by atoms with E-state index in [0.717, 1.165) is 32.7 Å². The lowest BCUT2D eigenvalue weighted by atomic mass is 9.78. The van der Waals surface area contributed by atoms with Gasteiger partial charge in [0.1, 0.15) is 0 Å². The minimum Gasteiger partial charge on any atom is -0.381 e. The fourth-order valence-corrected chi connectivity index (χ4v) is 3.00. The van der Waals surface area contributed by atoms with E-state index in [0.29, 0.717) is 11.3 Å². The van der Waals surface area contributed by atoms with Crippen LogP contribution in [0.25, 0.3) is 0 Å². The van der Waals surface area contributed by atoms with Crippen molar-refractivity contribution in [2.45, 2.75) is 39.5 Å². The van der Waals surface area contributed by atoms with Crippen LogP contribution in [0, 0.1) is 11.3 Å². The highest BCUT2D eigenvalue weighted by molar-refractivity contribution is 5.01. The molecule has 114 valence electrons. The Kier molecular flexibility index (Phi) is 5.61. The zero-order chi connectivity index (χ0) is 14.4. The van der Waals surface area contributed by atoms with Crippen molar-refractivity contribution >= 4 is 0 Å². The summed E-state index contributed by atoms with van der Waals surface area (Å²) < 4.78 is 7.77. The van der Waals surface area contributed by atoms with Gasteiger partial charge in [0.25, 0.3) is 0 Å². The van der Waals surface area contributed by atoms with E-state index in [-0.39, 0.29) is 0 Å². The van der Waals surface area contributed by atoms with Gasteiger partial charge in [-0.05, 0) is 44.2 Å². The van der Waals surface area contributed by atoms with Crippen LogP contribution in [0.1, 0.15) is 38.8 Å². The molecule has 1 aliphatic rings. The van der Waals surface area contributed by atoms with E-state index in [1.165, 1.54) is 25.0 Å². The number of ether oxygens (including phenoxy) is 1.